The van der Waals surface area contributed by atoms with E-state index in [2.05, 4.69) is 5.32 Å². The molecule has 0 bridgehead atoms. The average molecular weight is 210 g/mol. The molecule has 0 fully saturated rings. The maximum atomic E-state index is 10.6. The van der Waals surface area contributed by atoms with E-state index in [1.807, 2.05) is 0 Å². The van der Waals surface area contributed by atoms with Crippen LogP contribution in [0.3, 0.4) is 0 Å². The van der Waals surface area contributed by atoms with Crippen molar-refractivity contribution in [2.24, 2.45) is 0 Å². The predicted molar refractivity (Wildman–Crippen MR) is 54.1 cm³/mol. The molecule has 6 heteroatoms. The first kappa shape index (κ1) is 11.1. The molecule has 1 rings (SSSR count). The molecule has 0 aliphatic rings. The van der Waals surface area contributed by atoms with Gasteiger partial charge in [0.15, 0.2) is 0 Å². The Labute approximate surface area is 85.7 Å². The number of hydrogen-bond donors (Lipinski definition) is 2. The minimum atomic E-state index is -0.577. The highest BCUT2D eigenvalue weighted by molar-refractivity contribution is 5.79. The van der Waals surface area contributed by atoms with Crippen LogP contribution in [0.1, 0.15) is 10.4 Å². The fraction of sp³-hybridized carbons (Fsp3) is 0.222. The van der Waals surface area contributed by atoms with Crippen molar-refractivity contribution in [3.8, 4) is 0 Å². The number of rotatable bonds is 5. The molecule has 0 saturated carbocycles. The molecular weight excluding hydrogens is 200 g/mol. The molecule has 0 unspecified atom stereocenters. The molecule has 0 saturated heterocycles. The monoisotopic (exact) mass is 210 g/mol. The molecule has 0 aliphatic heterocycles. The zero-order valence-corrected chi connectivity index (χ0v) is 7.84. The van der Waals surface area contributed by atoms with Crippen molar-refractivity contribution < 1.29 is 14.8 Å². The van der Waals surface area contributed by atoms with E-state index in [0.29, 0.717) is 12.0 Å². The second-order valence-corrected chi connectivity index (χ2v) is 2.80. The van der Waals surface area contributed by atoms with Crippen LogP contribution in [0.2, 0.25) is 0 Å². The third kappa shape index (κ3) is 2.75. The van der Waals surface area contributed by atoms with Gasteiger partial charge in [0.2, 0.25) is 0 Å². The van der Waals surface area contributed by atoms with Crippen LogP contribution in [-0.2, 0) is 0 Å². The first-order valence-corrected chi connectivity index (χ1v) is 4.27. The van der Waals surface area contributed by atoms with Gasteiger partial charge in [-0.15, -0.1) is 0 Å². The third-order valence-electron chi connectivity index (χ3n) is 1.78. The minimum Gasteiger partial charge on any atom is -0.395 e. The SMILES string of the molecule is O=Cc1ccc(NCCO)c([N+](=O)[O-])c1. The Kier molecular flexibility index (Phi) is 3.75. The van der Waals surface area contributed by atoms with Crippen molar-refractivity contribution >= 4 is 17.7 Å². The molecule has 15 heavy (non-hydrogen) atoms. The van der Waals surface area contributed by atoms with Crippen molar-refractivity contribution in [3.05, 3.63) is 33.9 Å². The number of benzene rings is 1. The van der Waals surface area contributed by atoms with Crippen LogP contribution in [0.25, 0.3) is 0 Å². The maximum absolute atomic E-state index is 10.6. The van der Waals surface area contributed by atoms with E-state index in [9.17, 15) is 14.9 Å². The summed E-state index contributed by atoms with van der Waals surface area (Å²) in [5, 5.41) is 21.9. The summed E-state index contributed by atoms with van der Waals surface area (Å²) < 4.78 is 0. The fourth-order valence-electron chi connectivity index (χ4n) is 1.11. The van der Waals surface area contributed by atoms with Gasteiger partial charge in [-0.25, -0.2) is 0 Å². The van der Waals surface area contributed by atoms with E-state index in [1.54, 1.807) is 0 Å². The van der Waals surface area contributed by atoms with Crippen LogP contribution in [0.4, 0.5) is 11.4 Å². The van der Waals surface area contributed by atoms with Gasteiger partial charge in [0.05, 0.1) is 11.5 Å². The third-order valence-corrected chi connectivity index (χ3v) is 1.78. The second kappa shape index (κ2) is 5.06. The molecule has 1 aromatic rings. The first-order chi connectivity index (χ1) is 7.19. The summed E-state index contributed by atoms with van der Waals surface area (Å²) in [6.07, 6.45) is 0.544. The quantitative estimate of drug-likeness (QED) is 0.426. The van der Waals surface area contributed by atoms with Crippen LogP contribution in [-0.4, -0.2) is 29.5 Å². The molecule has 0 aromatic heterocycles. The van der Waals surface area contributed by atoms with Crippen LogP contribution in [0.5, 0.6) is 0 Å². The number of nitrogens with zero attached hydrogens (tertiary/aromatic N) is 1. The lowest BCUT2D eigenvalue weighted by molar-refractivity contribution is -0.384. The van der Waals surface area contributed by atoms with Gasteiger partial charge in [0.1, 0.15) is 12.0 Å². The lowest BCUT2D eigenvalue weighted by atomic mass is 10.2. The van der Waals surface area contributed by atoms with Gasteiger partial charge in [-0.1, -0.05) is 0 Å². The highest BCUT2D eigenvalue weighted by Gasteiger charge is 2.13. The summed E-state index contributed by atoms with van der Waals surface area (Å²) in [6, 6.07) is 4.10. The molecule has 80 valence electrons. The molecule has 0 radical (unpaired) electrons. The van der Waals surface area contributed by atoms with Crippen LogP contribution in [0, 0.1) is 10.1 Å². The Balaban J connectivity index is 3.03. The van der Waals surface area contributed by atoms with Gasteiger partial charge in [-0.2, -0.15) is 0 Å². The number of nitro benzene ring substituents is 1. The number of aliphatic hydroxyl groups is 1. The number of aldehydes is 1. The van der Waals surface area contributed by atoms with E-state index < -0.39 is 4.92 Å². The summed E-state index contributed by atoms with van der Waals surface area (Å²) in [6.45, 7) is 0.105. The lowest BCUT2D eigenvalue weighted by Gasteiger charge is -2.05. The van der Waals surface area contributed by atoms with E-state index in [1.165, 1.54) is 18.2 Å². The minimum absolute atomic E-state index is 0.118. The zero-order chi connectivity index (χ0) is 11.3. The van der Waals surface area contributed by atoms with Crippen molar-refractivity contribution in [3.63, 3.8) is 0 Å². The van der Waals surface area contributed by atoms with Gasteiger partial charge in [0.25, 0.3) is 5.69 Å². The number of carbonyl (C=O) groups is 1. The molecule has 0 aliphatic carbocycles. The Hall–Kier alpha value is -1.95. The summed E-state index contributed by atoms with van der Waals surface area (Å²) in [4.78, 5) is 20.5. The normalized spacial score (nSPS) is 9.67. The van der Waals surface area contributed by atoms with Crippen molar-refractivity contribution in [2.75, 3.05) is 18.5 Å². The fourth-order valence-corrected chi connectivity index (χ4v) is 1.11. The van der Waals surface area contributed by atoms with E-state index in [4.69, 9.17) is 5.11 Å². The number of hydrogen-bond acceptors (Lipinski definition) is 5. The summed E-state index contributed by atoms with van der Waals surface area (Å²) >= 11 is 0. The second-order valence-electron chi connectivity index (χ2n) is 2.80. The Bertz CT molecular complexity index is 378. The van der Waals surface area contributed by atoms with Crippen LogP contribution >= 0.6 is 0 Å². The molecule has 0 amide bonds. The van der Waals surface area contributed by atoms with Gasteiger partial charge in [-0.05, 0) is 12.1 Å². The summed E-state index contributed by atoms with van der Waals surface area (Å²) in [5.41, 5.74) is 0.365. The molecule has 6 nitrogen and oxygen atoms in total. The zero-order valence-electron chi connectivity index (χ0n) is 7.84. The van der Waals surface area contributed by atoms with Crippen molar-refractivity contribution in [2.45, 2.75) is 0 Å². The number of anilines is 1. The topological polar surface area (TPSA) is 92.5 Å². The van der Waals surface area contributed by atoms with Crippen LogP contribution < -0.4 is 5.32 Å². The van der Waals surface area contributed by atoms with Crippen molar-refractivity contribution in [1.29, 1.82) is 0 Å². The highest BCUT2D eigenvalue weighted by atomic mass is 16.6. The van der Waals surface area contributed by atoms with E-state index in [0.717, 1.165) is 0 Å². The van der Waals surface area contributed by atoms with E-state index in [-0.39, 0.29) is 24.4 Å². The molecule has 0 heterocycles. The standard InChI is InChI=1S/C9H10N2O4/c12-4-3-10-8-2-1-7(6-13)5-9(8)11(14)15/h1-2,5-6,10,12H,3-4H2. The average Bonchev–Trinajstić information content (AvgIpc) is 2.26. The summed E-state index contributed by atoms with van der Waals surface area (Å²) in [7, 11) is 0. The van der Waals surface area contributed by atoms with Crippen LogP contribution in [0.15, 0.2) is 18.2 Å². The number of carbonyl (C=O) groups excluding carboxylic acids is 1. The van der Waals surface area contributed by atoms with Gasteiger partial charge in [-0.3, -0.25) is 14.9 Å². The first-order valence-electron chi connectivity index (χ1n) is 4.27. The number of nitro groups is 1. The van der Waals surface area contributed by atoms with E-state index >= 15 is 0 Å². The number of nitrogens with one attached hydrogen (secondary N) is 1. The largest absolute Gasteiger partial charge is 0.395 e. The Morgan fingerprint density at radius 2 is 2.27 bits per heavy atom. The molecule has 0 atom stereocenters. The highest BCUT2D eigenvalue weighted by Crippen LogP contribution is 2.24. The smallest absolute Gasteiger partial charge is 0.293 e. The maximum Gasteiger partial charge on any atom is 0.293 e. The molecule has 0 spiro atoms. The predicted octanol–water partition coefficient (Wildman–Crippen LogP) is 0.811. The number of aliphatic hydroxyl groups excluding tert-OH is 1. The lowest BCUT2D eigenvalue weighted by Crippen LogP contribution is -2.07. The molecular formula is C9H10N2O4. The summed E-state index contributed by atoms with van der Waals surface area (Å²) in [5.74, 6) is 0. The van der Waals surface area contributed by atoms with Gasteiger partial charge < -0.3 is 10.4 Å². The Morgan fingerprint density at radius 3 is 2.80 bits per heavy atom. The molecule has 1 aromatic carbocycles. The molecule has 2 N–H and O–H groups in total. The van der Waals surface area contributed by atoms with Gasteiger partial charge >= 0.3 is 0 Å². The van der Waals surface area contributed by atoms with Crippen molar-refractivity contribution in [1.82, 2.24) is 0 Å². The Morgan fingerprint density at radius 1 is 1.53 bits per heavy atom. The van der Waals surface area contributed by atoms with Gasteiger partial charge in [0, 0.05) is 18.2 Å².